The molecule has 2 aliphatic rings. The van der Waals surface area contributed by atoms with Gasteiger partial charge in [-0.05, 0) is 125 Å². The summed E-state index contributed by atoms with van der Waals surface area (Å²) in [5.74, 6) is 6.80. The van der Waals surface area contributed by atoms with Crippen molar-refractivity contribution < 1.29 is 13.2 Å². The lowest BCUT2D eigenvalue weighted by molar-refractivity contribution is 0.115. The van der Waals surface area contributed by atoms with E-state index in [2.05, 4.69) is 30.9 Å². The molecule has 0 amide bonds. The van der Waals surface area contributed by atoms with E-state index in [1.807, 2.05) is 25.1 Å². The summed E-state index contributed by atoms with van der Waals surface area (Å²) in [6.45, 7) is 3.97. The third-order valence-corrected chi connectivity index (χ3v) is 8.44. The summed E-state index contributed by atoms with van der Waals surface area (Å²) in [6.07, 6.45) is 19.0. The Kier molecular flexibility index (Phi) is 9.73. The highest BCUT2D eigenvalue weighted by molar-refractivity contribution is 5.46. The fraction of sp³-hybridized carbons (Fsp3) is 0.471. The molecule has 37 heavy (non-hydrogen) atoms. The van der Waals surface area contributed by atoms with Crippen LogP contribution in [-0.2, 0) is 6.42 Å². The molecule has 0 aromatic heterocycles. The van der Waals surface area contributed by atoms with Crippen LogP contribution in [0.15, 0.2) is 54.6 Å². The van der Waals surface area contributed by atoms with Crippen molar-refractivity contribution in [1.82, 2.24) is 0 Å². The van der Waals surface area contributed by atoms with Gasteiger partial charge in [0.15, 0.2) is 0 Å². The van der Waals surface area contributed by atoms with E-state index in [0.717, 1.165) is 36.2 Å². The van der Waals surface area contributed by atoms with Crippen LogP contribution in [0, 0.1) is 47.0 Å². The van der Waals surface area contributed by atoms with Crippen LogP contribution in [0.2, 0.25) is 0 Å². The predicted octanol–water partition coefficient (Wildman–Crippen LogP) is 9.67. The van der Waals surface area contributed by atoms with E-state index in [0.29, 0.717) is 18.8 Å². The molecule has 2 fully saturated rings. The summed E-state index contributed by atoms with van der Waals surface area (Å²) in [5.41, 5.74) is 1.60. The first-order valence-electron chi connectivity index (χ1n) is 14.0. The number of fused-ring (bicyclic) bond motifs is 1. The molecular formula is C34H39F3. The van der Waals surface area contributed by atoms with Crippen molar-refractivity contribution in [3.8, 4) is 11.8 Å². The summed E-state index contributed by atoms with van der Waals surface area (Å²) in [7, 11) is 0. The number of allylic oxidation sites excluding steroid dienone is 4. The quantitative estimate of drug-likeness (QED) is 0.260. The van der Waals surface area contributed by atoms with Crippen molar-refractivity contribution in [2.45, 2.75) is 84.0 Å². The Morgan fingerprint density at radius 2 is 1.49 bits per heavy atom. The van der Waals surface area contributed by atoms with Crippen molar-refractivity contribution in [2.75, 3.05) is 0 Å². The van der Waals surface area contributed by atoms with Crippen LogP contribution in [0.3, 0.4) is 0 Å². The van der Waals surface area contributed by atoms with E-state index in [1.54, 1.807) is 12.1 Å². The minimum Gasteiger partial charge on any atom is -0.207 e. The van der Waals surface area contributed by atoms with E-state index in [9.17, 15) is 13.2 Å². The largest absolute Gasteiger partial charge is 0.207 e. The van der Waals surface area contributed by atoms with Crippen molar-refractivity contribution in [1.29, 1.82) is 0 Å². The maximum Gasteiger partial charge on any atom is 0.139 e. The molecule has 4 rings (SSSR count). The molecule has 4 atom stereocenters. The smallest absolute Gasteiger partial charge is 0.139 e. The minimum atomic E-state index is -0.605. The molecule has 0 spiro atoms. The molecule has 2 aromatic rings. The highest BCUT2D eigenvalue weighted by Gasteiger charge is 2.35. The van der Waals surface area contributed by atoms with Crippen LogP contribution in [0.25, 0.3) is 0 Å². The summed E-state index contributed by atoms with van der Waals surface area (Å²) in [6, 6.07) is 7.82. The predicted molar refractivity (Wildman–Crippen MR) is 147 cm³/mol. The number of halogens is 3. The maximum atomic E-state index is 15.0. The van der Waals surface area contributed by atoms with Crippen molar-refractivity contribution in [2.24, 2.45) is 17.8 Å². The zero-order chi connectivity index (χ0) is 26.2. The van der Waals surface area contributed by atoms with Crippen LogP contribution in [0.5, 0.6) is 0 Å². The van der Waals surface area contributed by atoms with Gasteiger partial charge in [0, 0.05) is 11.1 Å². The summed E-state index contributed by atoms with van der Waals surface area (Å²) < 4.78 is 43.8. The van der Waals surface area contributed by atoms with Crippen LogP contribution in [0.1, 0.15) is 99.8 Å². The van der Waals surface area contributed by atoms with E-state index in [-0.39, 0.29) is 22.5 Å². The van der Waals surface area contributed by atoms with Gasteiger partial charge in [-0.1, -0.05) is 48.6 Å². The molecule has 196 valence electrons. The second-order valence-electron chi connectivity index (χ2n) is 10.9. The third-order valence-electron chi connectivity index (χ3n) is 8.44. The Hall–Kier alpha value is -2.73. The Balaban J connectivity index is 1.38. The molecule has 2 aliphatic carbocycles. The van der Waals surface area contributed by atoms with Crippen LogP contribution in [0.4, 0.5) is 13.2 Å². The SMILES string of the molecule is C/C=C/CCc1c(F)cc(C#Cc2ccc(C3CCC4CC(CC/C=C/C)CCC4C3)cc2F)cc1F. The molecule has 0 heterocycles. The van der Waals surface area contributed by atoms with Gasteiger partial charge in [0.1, 0.15) is 17.5 Å². The molecular weight excluding hydrogens is 465 g/mol. The van der Waals surface area contributed by atoms with Gasteiger partial charge in [0.05, 0.1) is 5.56 Å². The van der Waals surface area contributed by atoms with Gasteiger partial charge in [0.2, 0.25) is 0 Å². The van der Waals surface area contributed by atoms with Crippen LogP contribution >= 0.6 is 0 Å². The molecule has 4 unspecified atom stereocenters. The Labute approximate surface area is 221 Å². The highest BCUT2D eigenvalue weighted by atomic mass is 19.1. The molecule has 0 aliphatic heterocycles. The van der Waals surface area contributed by atoms with Gasteiger partial charge in [-0.2, -0.15) is 0 Å². The van der Waals surface area contributed by atoms with Gasteiger partial charge in [-0.3, -0.25) is 0 Å². The fourth-order valence-corrected chi connectivity index (χ4v) is 6.38. The lowest BCUT2D eigenvalue weighted by Gasteiger charge is -2.42. The lowest BCUT2D eigenvalue weighted by Crippen LogP contribution is -2.30. The molecule has 2 aromatic carbocycles. The Bertz CT molecular complexity index is 1160. The number of rotatable bonds is 7. The molecule has 3 heteroatoms. The fourth-order valence-electron chi connectivity index (χ4n) is 6.38. The van der Waals surface area contributed by atoms with Gasteiger partial charge in [-0.25, -0.2) is 13.2 Å². The maximum absolute atomic E-state index is 15.0. The third kappa shape index (κ3) is 7.19. The van der Waals surface area contributed by atoms with Crippen molar-refractivity contribution >= 4 is 0 Å². The van der Waals surface area contributed by atoms with E-state index in [4.69, 9.17) is 0 Å². The normalized spacial score (nSPS) is 23.7. The first-order chi connectivity index (χ1) is 18.0. The summed E-state index contributed by atoms with van der Waals surface area (Å²) in [5, 5.41) is 0. The number of hydrogen-bond donors (Lipinski definition) is 0. The minimum absolute atomic E-state index is 0.0658. The summed E-state index contributed by atoms with van der Waals surface area (Å²) >= 11 is 0. The Morgan fingerprint density at radius 1 is 0.784 bits per heavy atom. The van der Waals surface area contributed by atoms with Gasteiger partial charge in [0.25, 0.3) is 0 Å². The first-order valence-corrected chi connectivity index (χ1v) is 14.0. The van der Waals surface area contributed by atoms with E-state index < -0.39 is 11.6 Å². The number of hydrogen-bond acceptors (Lipinski definition) is 0. The second kappa shape index (κ2) is 13.2. The Morgan fingerprint density at radius 3 is 2.22 bits per heavy atom. The highest BCUT2D eigenvalue weighted by Crippen LogP contribution is 2.48. The molecule has 0 nitrogen and oxygen atoms in total. The average molecular weight is 505 g/mol. The van der Waals surface area contributed by atoms with Crippen LogP contribution in [-0.4, -0.2) is 0 Å². The monoisotopic (exact) mass is 504 g/mol. The second-order valence-corrected chi connectivity index (χ2v) is 10.9. The standard InChI is InChI=1S/C34H39F3/c1-3-5-7-9-24-11-14-28-22-29(18-17-27(28)19-24)30-16-15-26(32(35)23-30)13-12-25-20-33(36)31(34(37)21-25)10-8-6-4-2/h3-6,15-16,20-21,23-24,27-29H,7-11,14,17-19,22H2,1-2H3/b5-3+,6-4+. The zero-order valence-electron chi connectivity index (χ0n) is 22.2. The van der Waals surface area contributed by atoms with Crippen molar-refractivity contribution in [3.05, 3.63) is 94.3 Å². The average Bonchev–Trinajstić information content (AvgIpc) is 2.89. The number of benzene rings is 2. The van der Waals surface area contributed by atoms with Gasteiger partial charge < -0.3 is 0 Å². The van der Waals surface area contributed by atoms with Gasteiger partial charge >= 0.3 is 0 Å². The molecule has 0 saturated heterocycles. The van der Waals surface area contributed by atoms with Crippen LogP contribution < -0.4 is 0 Å². The molecule has 0 bridgehead atoms. The zero-order valence-corrected chi connectivity index (χ0v) is 22.2. The van der Waals surface area contributed by atoms with E-state index in [1.165, 1.54) is 50.7 Å². The molecule has 0 radical (unpaired) electrons. The summed E-state index contributed by atoms with van der Waals surface area (Å²) in [4.78, 5) is 0. The van der Waals surface area contributed by atoms with Gasteiger partial charge in [-0.15, -0.1) is 0 Å². The lowest BCUT2D eigenvalue weighted by atomic mass is 9.63. The molecule has 2 saturated carbocycles. The topological polar surface area (TPSA) is 0 Å². The first kappa shape index (κ1) is 27.3. The van der Waals surface area contributed by atoms with E-state index >= 15 is 0 Å². The molecule has 0 N–H and O–H groups in total. The van der Waals surface area contributed by atoms with Crippen molar-refractivity contribution in [3.63, 3.8) is 0 Å².